The number of benzene rings is 2. The van der Waals surface area contributed by atoms with Crippen LogP contribution in [0.5, 0.6) is 0 Å². The lowest BCUT2D eigenvalue weighted by Gasteiger charge is -2.31. The molecule has 0 saturated carbocycles. The van der Waals surface area contributed by atoms with Crippen LogP contribution < -0.4 is 16.5 Å². The van der Waals surface area contributed by atoms with E-state index >= 15 is 0 Å². The third-order valence-electron chi connectivity index (χ3n) is 4.19. The lowest BCUT2D eigenvalue weighted by molar-refractivity contribution is -0.139. The van der Waals surface area contributed by atoms with Crippen molar-refractivity contribution < 1.29 is 19.9 Å². The topological polar surface area (TPSA) is 125 Å². The van der Waals surface area contributed by atoms with Crippen LogP contribution in [-0.4, -0.2) is 33.8 Å². The van der Waals surface area contributed by atoms with Crippen molar-refractivity contribution in [2.75, 3.05) is 5.73 Å². The number of nitrogens with one attached hydrogen (secondary N) is 2. The average Bonchev–Trinajstić information content (AvgIpc) is 2.66. The number of carbonyl (C=O) groups is 2. The summed E-state index contributed by atoms with van der Waals surface area (Å²) in [5, 5.41) is 21.1. The minimum absolute atomic E-state index is 0.283. The molecule has 2 aromatic rings. The van der Waals surface area contributed by atoms with Gasteiger partial charge in [-0.05, 0) is 62.4 Å². The lowest BCUT2D eigenvalue weighted by Crippen LogP contribution is -2.62. The van der Waals surface area contributed by atoms with Gasteiger partial charge in [-0.3, -0.25) is 14.8 Å². The zero-order valence-electron chi connectivity index (χ0n) is 15.0. The molecular formula is C20H21N3O4. The minimum Gasteiger partial charge on any atom is -0.399 e. The van der Waals surface area contributed by atoms with E-state index in [-0.39, 0.29) is 5.56 Å². The van der Waals surface area contributed by atoms with E-state index in [1.54, 1.807) is 36.4 Å². The first-order valence-electron chi connectivity index (χ1n) is 8.19. The molecule has 0 unspecified atom stereocenters. The molecule has 7 heteroatoms. The third-order valence-corrected chi connectivity index (χ3v) is 4.19. The van der Waals surface area contributed by atoms with Crippen molar-refractivity contribution in [3.63, 3.8) is 0 Å². The highest BCUT2D eigenvalue weighted by Crippen LogP contribution is 2.13. The van der Waals surface area contributed by atoms with Crippen LogP contribution in [0.25, 0.3) is 0 Å². The molecule has 2 rings (SSSR count). The molecule has 27 heavy (non-hydrogen) atoms. The molecule has 0 radical (unpaired) electrons. The smallest absolute Gasteiger partial charge is 0.271 e. The summed E-state index contributed by atoms with van der Waals surface area (Å²) in [6.07, 6.45) is -1.22. The van der Waals surface area contributed by atoms with Crippen LogP contribution in [-0.2, 0) is 4.79 Å². The zero-order valence-corrected chi connectivity index (χ0v) is 15.0. The minimum atomic E-state index is -1.68. The van der Waals surface area contributed by atoms with Gasteiger partial charge in [0.05, 0.1) is 6.10 Å². The van der Waals surface area contributed by atoms with Crippen molar-refractivity contribution in [1.29, 1.82) is 0 Å². The molecule has 0 bridgehead atoms. The molecular weight excluding hydrogens is 346 g/mol. The monoisotopic (exact) mass is 367 g/mol. The van der Waals surface area contributed by atoms with Crippen LogP contribution in [0.1, 0.15) is 35.3 Å². The highest BCUT2D eigenvalue weighted by molar-refractivity contribution is 5.99. The maximum Gasteiger partial charge on any atom is 0.271 e. The first kappa shape index (κ1) is 20.0. The lowest BCUT2D eigenvalue weighted by atomic mass is 9.94. The fraction of sp³-hybridized carbons (Fsp3) is 0.200. The Hall–Kier alpha value is -3.34. The summed E-state index contributed by atoms with van der Waals surface area (Å²) >= 11 is 0. The van der Waals surface area contributed by atoms with Crippen LogP contribution >= 0.6 is 0 Å². The van der Waals surface area contributed by atoms with Crippen LogP contribution in [0, 0.1) is 11.8 Å². The molecule has 0 saturated heterocycles. The molecule has 0 heterocycles. The first-order chi connectivity index (χ1) is 12.8. The number of rotatable bonds is 4. The van der Waals surface area contributed by atoms with Gasteiger partial charge in [-0.2, -0.15) is 0 Å². The highest BCUT2D eigenvalue weighted by atomic mass is 16.5. The summed E-state index contributed by atoms with van der Waals surface area (Å²) in [5.41, 5.74) is 7.86. The molecule has 0 aliphatic carbocycles. The Bertz CT molecular complexity index is 880. The fourth-order valence-electron chi connectivity index (χ4n) is 2.19. The van der Waals surface area contributed by atoms with E-state index in [0.29, 0.717) is 11.3 Å². The van der Waals surface area contributed by atoms with Gasteiger partial charge in [0.15, 0.2) is 0 Å². The maximum atomic E-state index is 12.4. The number of nitrogens with two attached hydrogens (primary N) is 1. The molecule has 0 fully saturated rings. The van der Waals surface area contributed by atoms with Gasteiger partial charge in [-0.15, -0.1) is 0 Å². The first-order valence-corrected chi connectivity index (χ1v) is 8.19. The predicted octanol–water partition coefficient (Wildman–Crippen LogP) is 1.04. The summed E-state index contributed by atoms with van der Waals surface area (Å²) < 4.78 is 0. The highest BCUT2D eigenvalue weighted by Gasteiger charge is 2.39. The molecule has 2 atom stereocenters. The molecule has 6 N–H and O–H groups in total. The molecule has 140 valence electrons. The number of aliphatic hydroxyl groups excluding tert-OH is 1. The number of hydrogen-bond donors (Lipinski definition) is 5. The van der Waals surface area contributed by atoms with E-state index in [1.807, 2.05) is 12.1 Å². The van der Waals surface area contributed by atoms with Crippen LogP contribution in [0.2, 0.25) is 0 Å². The van der Waals surface area contributed by atoms with Gasteiger partial charge >= 0.3 is 0 Å². The van der Waals surface area contributed by atoms with Crippen molar-refractivity contribution in [3.8, 4) is 11.8 Å². The molecule has 0 spiro atoms. The Morgan fingerprint density at radius 3 is 1.96 bits per heavy atom. The summed E-state index contributed by atoms with van der Waals surface area (Å²) in [6, 6.07) is 13.6. The van der Waals surface area contributed by atoms with Crippen LogP contribution in [0.3, 0.4) is 0 Å². The van der Waals surface area contributed by atoms with Crippen molar-refractivity contribution >= 4 is 17.5 Å². The Kier molecular flexibility index (Phi) is 6.19. The Balaban J connectivity index is 2.13. The van der Waals surface area contributed by atoms with E-state index in [9.17, 15) is 14.7 Å². The van der Waals surface area contributed by atoms with E-state index in [4.69, 9.17) is 10.9 Å². The number of hydrogen-bond acceptors (Lipinski definition) is 5. The number of aliphatic hydroxyl groups is 1. The molecule has 2 amide bonds. The van der Waals surface area contributed by atoms with Gasteiger partial charge in [-0.1, -0.05) is 11.8 Å². The summed E-state index contributed by atoms with van der Waals surface area (Å²) in [4.78, 5) is 24.2. The largest absolute Gasteiger partial charge is 0.399 e. The third kappa shape index (κ3) is 4.85. The van der Waals surface area contributed by atoms with Crippen molar-refractivity contribution in [2.24, 2.45) is 0 Å². The van der Waals surface area contributed by atoms with Crippen molar-refractivity contribution in [2.45, 2.75) is 25.5 Å². The average molecular weight is 367 g/mol. The second-order valence-electron chi connectivity index (χ2n) is 6.22. The molecule has 0 aliphatic heterocycles. The maximum absolute atomic E-state index is 12.4. The zero-order chi connectivity index (χ0) is 20.0. The van der Waals surface area contributed by atoms with Crippen molar-refractivity contribution in [1.82, 2.24) is 10.8 Å². The van der Waals surface area contributed by atoms with Gasteiger partial charge in [-0.25, -0.2) is 5.48 Å². The number of anilines is 1. The van der Waals surface area contributed by atoms with E-state index in [1.165, 1.54) is 19.3 Å². The fourth-order valence-corrected chi connectivity index (χ4v) is 2.19. The molecule has 2 aromatic carbocycles. The van der Waals surface area contributed by atoms with Crippen LogP contribution in [0.15, 0.2) is 48.5 Å². The van der Waals surface area contributed by atoms with Gasteiger partial charge in [0, 0.05) is 22.4 Å². The SMILES string of the molecule is C[C@@H](O)[C@](C)(NC(=O)c1ccc(C#Cc2ccc(N)cc2)cc1)C(=O)NO. The summed E-state index contributed by atoms with van der Waals surface area (Å²) in [6.45, 7) is 2.65. The Morgan fingerprint density at radius 2 is 1.52 bits per heavy atom. The number of nitrogen functional groups attached to an aromatic ring is 1. The molecule has 0 aromatic heterocycles. The van der Waals surface area contributed by atoms with E-state index in [0.717, 1.165) is 5.56 Å². The predicted molar refractivity (Wildman–Crippen MR) is 101 cm³/mol. The van der Waals surface area contributed by atoms with Gasteiger partial charge in [0.25, 0.3) is 11.8 Å². The van der Waals surface area contributed by atoms with Gasteiger partial charge in [0.2, 0.25) is 0 Å². The molecule has 7 nitrogen and oxygen atoms in total. The second-order valence-corrected chi connectivity index (χ2v) is 6.22. The van der Waals surface area contributed by atoms with Gasteiger partial charge < -0.3 is 16.2 Å². The summed E-state index contributed by atoms with van der Waals surface area (Å²) in [7, 11) is 0. The second kappa shape index (κ2) is 8.36. The van der Waals surface area contributed by atoms with Gasteiger partial charge in [0.1, 0.15) is 5.54 Å². The number of amides is 2. The Labute approximate surface area is 157 Å². The normalized spacial score (nSPS) is 13.5. The molecule has 0 aliphatic rings. The number of carbonyl (C=O) groups excluding carboxylic acids is 2. The van der Waals surface area contributed by atoms with Crippen molar-refractivity contribution in [3.05, 3.63) is 65.2 Å². The van der Waals surface area contributed by atoms with Crippen LogP contribution in [0.4, 0.5) is 5.69 Å². The van der Waals surface area contributed by atoms with E-state index < -0.39 is 23.5 Å². The summed E-state index contributed by atoms with van der Waals surface area (Å²) in [5.74, 6) is 4.48. The Morgan fingerprint density at radius 1 is 1.04 bits per heavy atom. The van der Waals surface area contributed by atoms with E-state index in [2.05, 4.69) is 17.2 Å². The number of hydroxylamine groups is 1. The standard InChI is InChI=1S/C20H21N3O4/c1-13(24)20(2,19(26)23-27)22-18(25)16-9-5-14(6-10-16)3-4-15-7-11-17(21)12-8-15/h5-13,24,27H,21H2,1-2H3,(H,22,25)(H,23,26)/t13-,20+/m1/s1. The quantitative estimate of drug-likeness (QED) is 0.239.